The van der Waals surface area contributed by atoms with Crippen molar-refractivity contribution in [3.8, 4) is 0 Å². The number of likely N-dealkylation sites (tertiary alicyclic amines) is 1. The molecule has 2 rings (SSSR count). The minimum atomic E-state index is 0.605. The molecule has 0 aliphatic carbocycles. The molecule has 0 radical (unpaired) electrons. The Bertz CT molecular complexity index is 354. The molecule has 1 saturated heterocycles. The van der Waals surface area contributed by atoms with E-state index >= 15 is 0 Å². The van der Waals surface area contributed by atoms with Crippen molar-refractivity contribution in [2.24, 2.45) is 0 Å². The smallest absolute Gasteiger partial charge is 0.0558 e. The monoisotopic (exact) mass is 233 g/mol. The molecule has 1 aromatic rings. The Morgan fingerprint density at radius 1 is 1.35 bits per heavy atom. The van der Waals surface area contributed by atoms with Crippen molar-refractivity contribution in [2.75, 3.05) is 18.4 Å². The highest BCUT2D eigenvalue weighted by molar-refractivity contribution is 5.48. The van der Waals surface area contributed by atoms with E-state index in [0.717, 1.165) is 0 Å². The molecule has 1 aliphatic rings. The summed E-state index contributed by atoms with van der Waals surface area (Å²) in [7, 11) is 0. The number of piperidine rings is 1. The molecule has 0 spiro atoms. The number of nitrogens with one attached hydrogen (secondary N) is 1. The number of aromatic nitrogens is 1. The summed E-state index contributed by atoms with van der Waals surface area (Å²) in [4.78, 5) is 6.73. The largest absolute Gasteiger partial charge is 0.381 e. The van der Waals surface area contributed by atoms with Crippen LogP contribution in [0.4, 0.5) is 5.69 Å². The Kier molecular flexibility index (Phi) is 4.00. The van der Waals surface area contributed by atoms with Crippen LogP contribution in [0.3, 0.4) is 0 Å². The van der Waals surface area contributed by atoms with E-state index in [-0.39, 0.29) is 0 Å². The molecule has 0 unspecified atom stereocenters. The van der Waals surface area contributed by atoms with Crippen molar-refractivity contribution in [1.82, 2.24) is 9.88 Å². The number of anilines is 1. The maximum absolute atomic E-state index is 4.18. The Morgan fingerprint density at radius 3 is 2.65 bits per heavy atom. The second kappa shape index (κ2) is 5.50. The highest BCUT2D eigenvalue weighted by Crippen LogP contribution is 2.19. The minimum Gasteiger partial charge on any atom is -0.381 e. The molecule has 0 saturated carbocycles. The normalized spacial score (nSPS) is 18.6. The standard InChI is InChI=1S/C14H23N3/c1-11(2)17-8-5-13(6-9-17)16-14-10-15-7-4-12(14)3/h4,7,10-11,13,16H,5-6,8-9H2,1-3H3. The van der Waals surface area contributed by atoms with E-state index in [1.165, 1.54) is 37.2 Å². The molecule has 0 amide bonds. The van der Waals surface area contributed by atoms with Gasteiger partial charge in [0.25, 0.3) is 0 Å². The van der Waals surface area contributed by atoms with Crippen LogP contribution in [-0.4, -0.2) is 35.1 Å². The van der Waals surface area contributed by atoms with Gasteiger partial charge in [-0.3, -0.25) is 4.98 Å². The van der Waals surface area contributed by atoms with Crippen LogP contribution in [0.15, 0.2) is 18.5 Å². The zero-order valence-electron chi connectivity index (χ0n) is 11.1. The van der Waals surface area contributed by atoms with Gasteiger partial charge in [-0.2, -0.15) is 0 Å². The highest BCUT2D eigenvalue weighted by atomic mass is 15.2. The quantitative estimate of drug-likeness (QED) is 0.870. The molecule has 17 heavy (non-hydrogen) atoms. The zero-order valence-corrected chi connectivity index (χ0v) is 11.1. The Hall–Kier alpha value is -1.09. The fraction of sp³-hybridized carbons (Fsp3) is 0.643. The lowest BCUT2D eigenvalue weighted by molar-refractivity contribution is 0.177. The van der Waals surface area contributed by atoms with E-state index in [4.69, 9.17) is 0 Å². The topological polar surface area (TPSA) is 28.2 Å². The average Bonchev–Trinajstić information content (AvgIpc) is 2.33. The molecule has 94 valence electrons. The fourth-order valence-electron chi connectivity index (χ4n) is 2.40. The molecule has 3 nitrogen and oxygen atoms in total. The second-order valence-electron chi connectivity index (χ2n) is 5.24. The summed E-state index contributed by atoms with van der Waals surface area (Å²) in [6, 6.07) is 3.34. The van der Waals surface area contributed by atoms with Crippen molar-refractivity contribution in [1.29, 1.82) is 0 Å². The Labute approximate surface area is 104 Å². The molecule has 1 aromatic heterocycles. The minimum absolute atomic E-state index is 0.605. The van der Waals surface area contributed by atoms with Crippen LogP contribution in [0.25, 0.3) is 0 Å². The van der Waals surface area contributed by atoms with Crippen molar-refractivity contribution in [3.05, 3.63) is 24.0 Å². The van der Waals surface area contributed by atoms with Crippen LogP contribution < -0.4 is 5.32 Å². The summed E-state index contributed by atoms with van der Waals surface area (Å²) in [5, 5.41) is 3.62. The van der Waals surface area contributed by atoms with Gasteiger partial charge in [0.05, 0.1) is 11.9 Å². The summed E-state index contributed by atoms with van der Waals surface area (Å²) >= 11 is 0. The Balaban J connectivity index is 1.88. The van der Waals surface area contributed by atoms with Crippen molar-refractivity contribution >= 4 is 5.69 Å². The molecule has 1 aliphatic heterocycles. The fourth-order valence-corrected chi connectivity index (χ4v) is 2.40. The van der Waals surface area contributed by atoms with Crippen LogP contribution in [0.1, 0.15) is 32.3 Å². The number of nitrogens with zero attached hydrogens (tertiary/aromatic N) is 2. The molecule has 2 heterocycles. The van der Waals surface area contributed by atoms with E-state index in [2.05, 4.69) is 42.0 Å². The van der Waals surface area contributed by atoms with Gasteiger partial charge in [0, 0.05) is 31.4 Å². The molecule has 1 N–H and O–H groups in total. The first kappa shape index (κ1) is 12.4. The molecule has 0 aromatic carbocycles. The molecule has 0 bridgehead atoms. The summed E-state index contributed by atoms with van der Waals surface area (Å²) in [5.74, 6) is 0. The van der Waals surface area contributed by atoms with Crippen LogP contribution in [0.5, 0.6) is 0 Å². The van der Waals surface area contributed by atoms with Crippen molar-refractivity contribution < 1.29 is 0 Å². The first-order valence-electron chi connectivity index (χ1n) is 6.58. The maximum atomic E-state index is 4.18. The summed E-state index contributed by atoms with van der Waals surface area (Å²) in [6.07, 6.45) is 6.24. The lowest BCUT2D eigenvalue weighted by atomic mass is 10.0. The van der Waals surface area contributed by atoms with E-state index < -0.39 is 0 Å². The molecule has 3 heteroatoms. The van der Waals surface area contributed by atoms with Gasteiger partial charge in [0.15, 0.2) is 0 Å². The summed E-state index contributed by atoms with van der Waals surface area (Å²) < 4.78 is 0. The third-order valence-electron chi connectivity index (χ3n) is 3.66. The van der Waals surface area contributed by atoms with Gasteiger partial charge in [-0.25, -0.2) is 0 Å². The van der Waals surface area contributed by atoms with E-state index in [0.29, 0.717) is 12.1 Å². The third-order valence-corrected chi connectivity index (χ3v) is 3.66. The van der Waals surface area contributed by atoms with Gasteiger partial charge in [-0.1, -0.05) is 0 Å². The number of hydrogen-bond acceptors (Lipinski definition) is 3. The van der Waals surface area contributed by atoms with Gasteiger partial charge >= 0.3 is 0 Å². The lowest BCUT2D eigenvalue weighted by Gasteiger charge is -2.35. The number of hydrogen-bond donors (Lipinski definition) is 1. The Morgan fingerprint density at radius 2 is 2.06 bits per heavy atom. The van der Waals surface area contributed by atoms with E-state index in [1.807, 2.05) is 12.4 Å². The third kappa shape index (κ3) is 3.19. The maximum Gasteiger partial charge on any atom is 0.0558 e. The van der Waals surface area contributed by atoms with Crippen molar-refractivity contribution in [3.63, 3.8) is 0 Å². The number of aryl methyl sites for hydroxylation is 1. The van der Waals surface area contributed by atoms with Crippen molar-refractivity contribution in [2.45, 2.75) is 45.7 Å². The average molecular weight is 233 g/mol. The number of pyridine rings is 1. The first-order chi connectivity index (χ1) is 8.16. The van der Waals surface area contributed by atoms with Gasteiger partial charge in [-0.05, 0) is 45.2 Å². The van der Waals surface area contributed by atoms with Crippen LogP contribution >= 0.6 is 0 Å². The number of rotatable bonds is 3. The summed E-state index contributed by atoms with van der Waals surface area (Å²) in [5.41, 5.74) is 2.47. The van der Waals surface area contributed by atoms with Gasteiger partial charge in [0.1, 0.15) is 0 Å². The van der Waals surface area contributed by atoms with Gasteiger partial charge in [0.2, 0.25) is 0 Å². The lowest BCUT2D eigenvalue weighted by Crippen LogP contribution is -2.42. The van der Waals surface area contributed by atoms with E-state index in [1.54, 1.807) is 0 Å². The molecule has 0 atom stereocenters. The second-order valence-corrected chi connectivity index (χ2v) is 5.24. The van der Waals surface area contributed by atoms with E-state index in [9.17, 15) is 0 Å². The SMILES string of the molecule is Cc1ccncc1NC1CCN(C(C)C)CC1. The molecular weight excluding hydrogens is 210 g/mol. The highest BCUT2D eigenvalue weighted by Gasteiger charge is 2.20. The van der Waals surface area contributed by atoms with Crippen LogP contribution in [0.2, 0.25) is 0 Å². The van der Waals surface area contributed by atoms with Gasteiger partial charge in [-0.15, -0.1) is 0 Å². The molecule has 1 fully saturated rings. The van der Waals surface area contributed by atoms with Gasteiger partial charge < -0.3 is 10.2 Å². The zero-order chi connectivity index (χ0) is 12.3. The predicted molar refractivity (Wildman–Crippen MR) is 72.3 cm³/mol. The summed E-state index contributed by atoms with van der Waals surface area (Å²) in [6.45, 7) is 9.09. The molecular formula is C14H23N3. The van der Waals surface area contributed by atoms with Crippen LogP contribution in [-0.2, 0) is 0 Å². The van der Waals surface area contributed by atoms with Crippen LogP contribution in [0, 0.1) is 6.92 Å². The first-order valence-corrected chi connectivity index (χ1v) is 6.58. The predicted octanol–water partition coefficient (Wildman–Crippen LogP) is 2.67.